The molecule has 6 heteroatoms. The van der Waals surface area contributed by atoms with Crippen LogP contribution in [0.15, 0.2) is 66.0 Å². The Balaban J connectivity index is 1.70. The van der Waals surface area contributed by atoms with Gasteiger partial charge in [-0.15, -0.1) is 11.3 Å². The zero-order chi connectivity index (χ0) is 20.1. The highest BCUT2D eigenvalue weighted by molar-refractivity contribution is 7.12. The van der Waals surface area contributed by atoms with Crippen LogP contribution in [-0.2, 0) is 0 Å². The van der Waals surface area contributed by atoms with Crippen LogP contribution in [0, 0.1) is 0 Å². The van der Waals surface area contributed by atoms with Gasteiger partial charge in [0.25, 0.3) is 11.8 Å². The average Bonchev–Trinajstić information content (AvgIpc) is 3.28. The number of thiophene rings is 1. The van der Waals surface area contributed by atoms with E-state index in [0.717, 1.165) is 11.3 Å². The lowest BCUT2D eigenvalue weighted by molar-refractivity contribution is 0.0741. The maximum Gasteiger partial charge on any atom is 0.265 e. The van der Waals surface area contributed by atoms with Gasteiger partial charge >= 0.3 is 0 Å². The number of ether oxygens (including phenoxy) is 1. The second-order valence-corrected chi connectivity index (χ2v) is 7.29. The van der Waals surface area contributed by atoms with Crippen LogP contribution in [0.3, 0.4) is 0 Å². The van der Waals surface area contributed by atoms with E-state index in [1.165, 1.54) is 11.3 Å². The SMILES string of the molecule is COc1ccccc1C(C)N(C)C(=O)c1ccc(NC(=O)c2cccs2)cc1. The molecule has 2 aromatic carbocycles. The normalized spacial score (nSPS) is 11.5. The molecule has 0 spiro atoms. The average molecular weight is 394 g/mol. The Kier molecular flexibility index (Phi) is 6.11. The fourth-order valence-electron chi connectivity index (χ4n) is 2.90. The molecule has 1 N–H and O–H groups in total. The van der Waals surface area contributed by atoms with E-state index in [1.54, 1.807) is 49.4 Å². The van der Waals surface area contributed by atoms with Crippen LogP contribution in [0.25, 0.3) is 0 Å². The van der Waals surface area contributed by atoms with Crippen LogP contribution in [0.2, 0.25) is 0 Å². The van der Waals surface area contributed by atoms with E-state index in [0.29, 0.717) is 16.1 Å². The Morgan fingerprint density at radius 1 is 1.04 bits per heavy atom. The molecule has 3 aromatic rings. The summed E-state index contributed by atoms with van der Waals surface area (Å²) in [5.41, 5.74) is 2.15. The topological polar surface area (TPSA) is 58.6 Å². The molecular formula is C22H22N2O3S. The van der Waals surface area contributed by atoms with Crippen LogP contribution in [-0.4, -0.2) is 30.9 Å². The smallest absolute Gasteiger partial charge is 0.265 e. The van der Waals surface area contributed by atoms with Crippen molar-refractivity contribution in [2.75, 3.05) is 19.5 Å². The van der Waals surface area contributed by atoms with Gasteiger partial charge in [0.2, 0.25) is 0 Å². The van der Waals surface area contributed by atoms with E-state index in [9.17, 15) is 9.59 Å². The van der Waals surface area contributed by atoms with E-state index in [1.807, 2.05) is 42.6 Å². The molecule has 1 heterocycles. The Morgan fingerprint density at radius 3 is 2.39 bits per heavy atom. The van der Waals surface area contributed by atoms with Gasteiger partial charge in [0, 0.05) is 23.9 Å². The monoisotopic (exact) mass is 394 g/mol. The standard InChI is InChI=1S/C22H22N2O3S/c1-15(18-7-4-5-8-19(18)27-3)24(2)22(26)16-10-12-17(13-11-16)23-21(25)20-9-6-14-28-20/h4-15H,1-3H3,(H,23,25). The molecule has 0 aliphatic rings. The molecule has 0 saturated carbocycles. The lowest BCUT2D eigenvalue weighted by Crippen LogP contribution is -2.29. The van der Waals surface area contributed by atoms with Crippen molar-refractivity contribution >= 4 is 28.8 Å². The minimum absolute atomic E-state index is 0.102. The summed E-state index contributed by atoms with van der Waals surface area (Å²) in [6, 6.07) is 18.0. The summed E-state index contributed by atoms with van der Waals surface area (Å²) in [4.78, 5) is 27.3. The van der Waals surface area contributed by atoms with Crippen molar-refractivity contribution in [3.05, 3.63) is 82.0 Å². The third-order valence-corrected chi connectivity index (χ3v) is 5.49. The number of hydrogen-bond donors (Lipinski definition) is 1. The number of anilines is 1. The van der Waals surface area contributed by atoms with Crippen molar-refractivity contribution in [2.24, 2.45) is 0 Å². The molecule has 0 aliphatic carbocycles. The minimum atomic E-state index is -0.156. The largest absolute Gasteiger partial charge is 0.496 e. The second kappa shape index (κ2) is 8.71. The number of methoxy groups -OCH3 is 1. The zero-order valence-corrected chi connectivity index (χ0v) is 16.8. The summed E-state index contributed by atoms with van der Waals surface area (Å²) in [5, 5.41) is 4.69. The van der Waals surface area contributed by atoms with E-state index in [2.05, 4.69) is 5.32 Å². The molecule has 0 fully saturated rings. The molecule has 1 aromatic heterocycles. The number of nitrogens with one attached hydrogen (secondary N) is 1. The molecule has 144 valence electrons. The number of rotatable bonds is 6. The summed E-state index contributed by atoms with van der Waals surface area (Å²) in [7, 11) is 3.39. The van der Waals surface area contributed by atoms with E-state index in [4.69, 9.17) is 4.74 Å². The van der Waals surface area contributed by atoms with Gasteiger partial charge in [0.1, 0.15) is 5.75 Å². The first-order valence-corrected chi connectivity index (χ1v) is 9.74. The van der Waals surface area contributed by atoms with Crippen molar-refractivity contribution < 1.29 is 14.3 Å². The molecule has 0 radical (unpaired) electrons. The predicted molar refractivity (Wildman–Crippen MR) is 112 cm³/mol. The number of para-hydroxylation sites is 1. The zero-order valence-electron chi connectivity index (χ0n) is 16.0. The molecule has 2 amide bonds. The molecular weight excluding hydrogens is 372 g/mol. The van der Waals surface area contributed by atoms with Gasteiger partial charge in [-0.1, -0.05) is 24.3 Å². The first-order valence-electron chi connectivity index (χ1n) is 8.86. The fourth-order valence-corrected chi connectivity index (χ4v) is 3.52. The number of benzene rings is 2. The van der Waals surface area contributed by atoms with Gasteiger partial charge in [-0.05, 0) is 48.7 Å². The molecule has 1 atom stereocenters. The van der Waals surface area contributed by atoms with E-state index in [-0.39, 0.29) is 17.9 Å². The third kappa shape index (κ3) is 4.23. The van der Waals surface area contributed by atoms with Gasteiger partial charge in [-0.3, -0.25) is 9.59 Å². The van der Waals surface area contributed by atoms with Crippen LogP contribution < -0.4 is 10.1 Å². The third-order valence-electron chi connectivity index (χ3n) is 4.62. The first kappa shape index (κ1) is 19.6. The number of amides is 2. The molecule has 1 unspecified atom stereocenters. The molecule has 0 aliphatic heterocycles. The lowest BCUT2D eigenvalue weighted by Gasteiger charge is -2.26. The highest BCUT2D eigenvalue weighted by atomic mass is 32.1. The van der Waals surface area contributed by atoms with Crippen molar-refractivity contribution in [1.82, 2.24) is 4.90 Å². The summed E-state index contributed by atoms with van der Waals surface area (Å²) in [5.74, 6) is 0.492. The maximum atomic E-state index is 12.9. The van der Waals surface area contributed by atoms with E-state index < -0.39 is 0 Å². The van der Waals surface area contributed by atoms with Crippen LogP contribution >= 0.6 is 11.3 Å². The second-order valence-electron chi connectivity index (χ2n) is 6.34. The van der Waals surface area contributed by atoms with Crippen LogP contribution in [0.5, 0.6) is 5.75 Å². The van der Waals surface area contributed by atoms with Crippen molar-refractivity contribution in [2.45, 2.75) is 13.0 Å². The molecule has 0 bridgehead atoms. The Morgan fingerprint density at radius 2 is 1.75 bits per heavy atom. The highest BCUT2D eigenvalue weighted by Gasteiger charge is 2.21. The fraction of sp³-hybridized carbons (Fsp3) is 0.182. The first-order chi connectivity index (χ1) is 13.5. The van der Waals surface area contributed by atoms with Crippen molar-refractivity contribution in [1.29, 1.82) is 0 Å². The van der Waals surface area contributed by atoms with Crippen LogP contribution in [0.1, 0.15) is 38.6 Å². The number of carbonyl (C=O) groups is 2. The summed E-state index contributed by atoms with van der Waals surface area (Å²) in [6.45, 7) is 1.96. The quantitative estimate of drug-likeness (QED) is 0.651. The number of carbonyl (C=O) groups excluding carboxylic acids is 2. The lowest BCUT2D eigenvalue weighted by atomic mass is 10.0. The Bertz CT molecular complexity index is 952. The number of nitrogens with zero attached hydrogens (tertiary/aromatic N) is 1. The summed E-state index contributed by atoms with van der Waals surface area (Å²) < 4.78 is 5.41. The predicted octanol–water partition coefficient (Wildman–Crippen LogP) is 4.84. The van der Waals surface area contributed by atoms with Gasteiger partial charge in [-0.25, -0.2) is 0 Å². The van der Waals surface area contributed by atoms with Gasteiger partial charge in [-0.2, -0.15) is 0 Å². The number of hydrogen-bond acceptors (Lipinski definition) is 4. The minimum Gasteiger partial charge on any atom is -0.496 e. The molecule has 3 rings (SSSR count). The molecule has 5 nitrogen and oxygen atoms in total. The van der Waals surface area contributed by atoms with Crippen molar-refractivity contribution in [3.63, 3.8) is 0 Å². The highest BCUT2D eigenvalue weighted by Crippen LogP contribution is 2.29. The van der Waals surface area contributed by atoms with Gasteiger partial charge < -0.3 is 15.0 Å². The Hall–Kier alpha value is -3.12. The van der Waals surface area contributed by atoms with Gasteiger partial charge in [0.15, 0.2) is 0 Å². The Labute approximate surface area is 168 Å². The van der Waals surface area contributed by atoms with Crippen molar-refractivity contribution in [3.8, 4) is 5.75 Å². The van der Waals surface area contributed by atoms with Crippen LogP contribution in [0.4, 0.5) is 5.69 Å². The summed E-state index contributed by atoms with van der Waals surface area (Å²) >= 11 is 1.38. The molecule has 0 saturated heterocycles. The maximum absolute atomic E-state index is 12.9. The summed E-state index contributed by atoms with van der Waals surface area (Å²) in [6.07, 6.45) is 0. The molecule has 28 heavy (non-hydrogen) atoms. The van der Waals surface area contributed by atoms with E-state index >= 15 is 0 Å². The van der Waals surface area contributed by atoms with Gasteiger partial charge in [0.05, 0.1) is 18.0 Å².